The fraction of sp³-hybridized carbons (Fsp3) is 0.372. The number of ketones is 1. The third-order valence-corrected chi connectivity index (χ3v) is 11.4. The van der Waals surface area contributed by atoms with E-state index in [2.05, 4.69) is 96.8 Å². The number of rotatable bonds is 9. The van der Waals surface area contributed by atoms with Gasteiger partial charge in [-0.1, -0.05) is 104 Å². The van der Waals surface area contributed by atoms with E-state index in [0.29, 0.717) is 5.58 Å². The van der Waals surface area contributed by atoms with Crippen LogP contribution in [0, 0.1) is 16.9 Å². The predicted molar refractivity (Wildman–Crippen MR) is 206 cm³/mol. The number of carbonyl (C=O) groups excluding carboxylic acids is 1. The van der Waals surface area contributed by atoms with Gasteiger partial charge in [0.1, 0.15) is 28.9 Å². The van der Waals surface area contributed by atoms with E-state index in [4.69, 9.17) is 4.42 Å². The summed E-state index contributed by atoms with van der Waals surface area (Å²) in [6.45, 7) is 18.8. The first-order valence-corrected chi connectivity index (χ1v) is 18.3. The molecule has 0 aliphatic rings. The van der Waals surface area contributed by atoms with Gasteiger partial charge in [-0.3, -0.25) is 9.78 Å². The minimum atomic E-state index is -0.337. The van der Waals surface area contributed by atoms with E-state index in [1.54, 1.807) is 17.7 Å². The van der Waals surface area contributed by atoms with Crippen molar-refractivity contribution < 1.29 is 34.4 Å². The van der Waals surface area contributed by atoms with E-state index >= 15 is 0 Å². The average Bonchev–Trinajstić information content (AvgIpc) is 3.77. The van der Waals surface area contributed by atoms with Crippen LogP contribution in [-0.4, -0.2) is 20.9 Å². The molecule has 0 saturated carbocycles. The van der Waals surface area contributed by atoms with Crippen LogP contribution in [0.3, 0.4) is 0 Å². The van der Waals surface area contributed by atoms with Gasteiger partial charge in [0.25, 0.3) is 0 Å². The summed E-state index contributed by atoms with van der Waals surface area (Å²) < 4.78 is 7.60. The molecule has 3 aromatic heterocycles. The van der Waals surface area contributed by atoms with E-state index in [9.17, 15) is 9.90 Å². The summed E-state index contributed by atoms with van der Waals surface area (Å²) in [6, 6.07) is 24.7. The van der Waals surface area contributed by atoms with Crippen LogP contribution in [-0.2, 0) is 30.3 Å². The molecule has 0 unspecified atom stereocenters. The maximum atomic E-state index is 12.2. The number of fused-ring (bicyclic) bond motifs is 3. The Hall–Kier alpha value is -3.64. The Bertz CT molecular complexity index is 2130. The summed E-state index contributed by atoms with van der Waals surface area (Å²) in [5.74, 6) is 1.09. The van der Waals surface area contributed by atoms with E-state index in [0.717, 1.165) is 59.2 Å². The number of hydrogen-bond donors (Lipinski definition) is 1. The summed E-state index contributed by atoms with van der Waals surface area (Å²) >= 11 is 1.73. The van der Waals surface area contributed by atoms with E-state index in [1.165, 1.54) is 27.1 Å². The van der Waals surface area contributed by atoms with Gasteiger partial charge in [0.15, 0.2) is 5.78 Å². The fourth-order valence-electron chi connectivity index (χ4n) is 5.96. The van der Waals surface area contributed by atoms with Gasteiger partial charge in [-0.2, -0.15) is 0 Å². The summed E-state index contributed by atoms with van der Waals surface area (Å²) in [6.07, 6.45) is 6.36. The summed E-state index contributed by atoms with van der Waals surface area (Å²) in [5.41, 5.74) is 4.89. The van der Waals surface area contributed by atoms with Crippen LogP contribution >= 0.6 is 11.3 Å². The van der Waals surface area contributed by atoms with Crippen molar-refractivity contribution in [2.45, 2.75) is 93.4 Å². The second-order valence-corrected chi connectivity index (χ2v) is 15.5. The zero-order valence-electron chi connectivity index (χ0n) is 30.7. The van der Waals surface area contributed by atoms with Gasteiger partial charge in [0.05, 0.1) is 5.69 Å². The minimum Gasteiger partial charge on any atom is -0.512 e. The maximum Gasteiger partial charge on any atom is 0.164 e. The zero-order valence-corrected chi connectivity index (χ0v) is 33.9. The number of hydrogen-bond acceptors (Lipinski definition) is 6. The average molecular weight is 866 g/mol. The number of nitrogens with zero attached hydrogens (tertiary/aromatic N) is 2. The second kappa shape index (κ2) is 15.7. The molecule has 0 spiro atoms. The van der Waals surface area contributed by atoms with Gasteiger partial charge >= 0.3 is 0 Å². The summed E-state index contributed by atoms with van der Waals surface area (Å²) in [4.78, 5) is 21.3. The van der Waals surface area contributed by atoms with Gasteiger partial charge in [-0.05, 0) is 54.0 Å². The Balaban J connectivity index is 0.000000269. The Morgan fingerprint density at radius 3 is 2.22 bits per heavy atom. The summed E-state index contributed by atoms with van der Waals surface area (Å²) in [5, 5.41) is 15.8. The number of aromatic nitrogens is 2. The molecule has 3 heterocycles. The number of allylic oxidation sites excluding steroid dienone is 2. The molecule has 50 heavy (non-hydrogen) atoms. The largest absolute Gasteiger partial charge is 0.512 e. The molecule has 6 rings (SSSR count). The van der Waals surface area contributed by atoms with Gasteiger partial charge < -0.3 is 9.52 Å². The van der Waals surface area contributed by atoms with Crippen LogP contribution in [0.25, 0.3) is 54.5 Å². The van der Waals surface area contributed by atoms with E-state index in [1.807, 2.05) is 47.6 Å². The first kappa shape index (κ1) is 39.2. The Labute approximate surface area is 314 Å². The zero-order chi connectivity index (χ0) is 35.6. The quantitative estimate of drug-likeness (QED) is 0.0890. The van der Waals surface area contributed by atoms with Crippen LogP contribution in [0.15, 0.2) is 88.6 Å². The Morgan fingerprint density at radius 2 is 1.56 bits per heavy atom. The number of carbonyl (C=O) groups is 1. The van der Waals surface area contributed by atoms with E-state index < -0.39 is 0 Å². The van der Waals surface area contributed by atoms with Crippen molar-refractivity contribution in [1.82, 2.24) is 9.97 Å². The molecule has 7 heteroatoms. The smallest absolute Gasteiger partial charge is 0.164 e. The number of furan rings is 1. The molecule has 0 fully saturated rings. The molecule has 0 amide bonds. The molecule has 6 aromatic rings. The van der Waals surface area contributed by atoms with Crippen molar-refractivity contribution in [2.24, 2.45) is 10.8 Å². The number of aliphatic hydroxyl groups excluding tert-OH is 1. The van der Waals surface area contributed by atoms with Crippen LogP contribution in [0.5, 0.6) is 0 Å². The molecule has 265 valence electrons. The Morgan fingerprint density at radius 1 is 0.880 bits per heavy atom. The molecular weight excluding hydrogens is 817 g/mol. The number of thiophene rings is 1. The van der Waals surface area contributed by atoms with Crippen molar-refractivity contribution in [3.8, 4) is 22.6 Å². The molecule has 0 bridgehead atoms. The van der Waals surface area contributed by atoms with Crippen molar-refractivity contribution in [1.29, 1.82) is 0 Å². The van der Waals surface area contributed by atoms with Crippen molar-refractivity contribution in [2.75, 3.05) is 0 Å². The number of aliphatic hydroxyl groups is 1. The first-order valence-electron chi connectivity index (χ1n) is 17.4. The minimum absolute atomic E-state index is 0. The monoisotopic (exact) mass is 866 g/mol. The van der Waals surface area contributed by atoms with E-state index in [-0.39, 0.29) is 47.9 Å². The van der Waals surface area contributed by atoms with Crippen LogP contribution in [0.2, 0.25) is 0 Å². The first-order chi connectivity index (χ1) is 23.3. The van der Waals surface area contributed by atoms with Gasteiger partial charge in [-0.25, -0.2) is 4.98 Å². The number of benzene rings is 3. The third-order valence-electron chi connectivity index (χ3n) is 10.5. The normalized spacial score (nSPS) is 12.5. The fourth-order valence-corrected chi connectivity index (χ4v) is 6.79. The van der Waals surface area contributed by atoms with Gasteiger partial charge in [0.2, 0.25) is 0 Å². The van der Waals surface area contributed by atoms with Crippen molar-refractivity contribution in [3.05, 3.63) is 95.8 Å². The molecule has 5 nitrogen and oxygen atoms in total. The van der Waals surface area contributed by atoms with Gasteiger partial charge in [-0.15, -0.1) is 40.5 Å². The molecular formula is C43H49IrN2O3S-. The van der Waals surface area contributed by atoms with Crippen molar-refractivity contribution in [3.63, 3.8) is 0 Å². The molecule has 0 aliphatic carbocycles. The van der Waals surface area contributed by atoms with Crippen molar-refractivity contribution >= 4 is 49.1 Å². The molecule has 0 aliphatic heterocycles. The summed E-state index contributed by atoms with van der Waals surface area (Å²) in [7, 11) is 0. The van der Waals surface area contributed by atoms with Crippen LogP contribution in [0.4, 0.5) is 0 Å². The van der Waals surface area contributed by atoms with Crippen LogP contribution in [0.1, 0.15) is 93.6 Å². The Kier molecular flexibility index (Phi) is 12.3. The molecule has 0 atom stereocenters. The topological polar surface area (TPSA) is 76.2 Å². The predicted octanol–water partition coefficient (Wildman–Crippen LogP) is 12.7. The second-order valence-electron chi connectivity index (χ2n) is 14.5. The maximum absolute atomic E-state index is 12.2. The molecule has 3 aromatic carbocycles. The SMILES string of the molecule is CC(C)(C)c1cc(-c2ncnc3cc(-c4ccc5ccsc5c4)oc23)[c-]c2ccccc12.CCC(C)(CC)C(=O)/C=C(\O)C(C)(CC)CC.[Ir]. The van der Waals surface area contributed by atoms with Gasteiger partial charge in [0, 0.05) is 53.3 Å². The third kappa shape index (κ3) is 7.96. The molecule has 0 saturated heterocycles. The molecule has 1 N–H and O–H groups in total. The van der Waals surface area contributed by atoms with Crippen LogP contribution < -0.4 is 0 Å². The standard InChI is InChI=1S/C28H21N2OS.C15H28O2.Ir/c1-28(2,3)22-13-20(12-18-6-4-5-7-21(18)22)26-27-23(29-16-30-26)15-24(31-27)19-9-8-17-10-11-32-25(17)14-19;1-7-14(5,8-2)12(16)11-13(17)15(6,9-3)10-4;/h4-11,13-16H,1-3H3;11,16H,7-10H2,1-6H3;/q-1;;/b;12-11-;. The molecule has 1 radical (unpaired) electrons.